The molecule has 0 saturated carbocycles. The van der Waals surface area contributed by atoms with Crippen LogP contribution in [0.25, 0.3) is 0 Å². The van der Waals surface area contributed by atoms with Crippen molar-refractivity contribution in [3.63, 3.8) is 0 Å². The molecule has 8 nitrogen and oxygen atoms in total. The maximum absolute atomic E-state index is 14.5. The molecule has 2 aliphatic heterocycles. The van der Waals surface area contributed by atoms with Gasteiger partial charge in [-0.3, -0.25) is 4.90 Å². The average Bonchev–Trinajstić information content (AvgIpc) is 2.75. The Morgan fingerprint density at radius 2 is 1.89 bits per heavy atom. The summed E-state index contributed by atoms with van der Waals surface area (Å²) in [7, 11) is -3.55. The van der Waals surface area contributed by atoms with E-state index in [-0.39, 0.29) is 47.0 Å². The molecule has 3 heterocycles. The van der Waals surface area contributed by atoms with Crippen LogP contribution < -0.4 is 10.1 Å². The van der Waals surface area contributed by atoms with Gasteiger partial charge in [0.1, 0.15) is 24.1 Å². The highest BCUT2D eigenvalue weighted by atomic mass is 32.2. The topological polar surface area (TPSA) is 93.7 Å². The van der Waals surface area contributed by atoms with Gasteiger partial charge in [0.25, 0.3) is 0 Å². The van der Waals surface area contributed by atoms with Gasteiger partial charge in [0, 0.05) is 37.7 Å². The Bertz CT molecular complexity index is 1160. The number of fused-ring (bicyclic) bond motifs is 2. The van der Waals surface area contributed by atoms with E-state index in [0.717, 1.165) is 12.3 Å². The number of morpholine rings is 1. The van der Waals surface area contributed by atoms with Crippen molar-refractivity contribution in [2.75, 3.05) is 31.3 Å². The Morgan fingerprint density at radius 3 is 2.49 bits per heavy atom. The summed E-state index contributed by atoms with van der Waals surface area (Å²) in [4.78, 5) is 10.0. The molecule has 0 amide bonds. The third kappa shape index (κ3) is 6.19. The number of rotatable bonds is 7. The van der Waals surface area contributed by atoms with Gasteiger partial charge in [-0.1, -0.05) is 0 Å². The molecule has 0 spiro atoms. The number of aromatic nitrogens is 2. The molecule has 2 saturated heterocycles. The minimum Gasteiger partial charge on any atom is -0.474 e. The van der Waals surface area contributed by atoms with Crippen LogP contribution in [-0.2, 0) is 14.6 Å². The molecule has 2 bridgehead atoms. The summed E-state index contributed by atoms with van der Waals surface area (Å²) in [6, 6.07) is 3.17. The molecule has 1 aromatic carbocycles. The number of nitrogens with zero attached hydrogens (tertiary/aromatic N) is 3. The van der Waals surface area contributed by atoms with E-state index in [9.17, 15) is 26.0 Å². The van der Waals surface area contributed by atoms with Gasteiger partial charge in [-0.05, 0) is 25.1 Å². The summed E-state index contributed by atoms with van der Waals surface area (Å²) in [5.41, 5.74) is 0.551. The van der Waals surface area contributed by atoms with Gasteiger partial charge in [-0.15, -0.1) is 0 Å². The quantitative estimate of drug-likeness (QED) is 0.556. The van der Waals surface area contributed by atoms with Gasteiger partial charge in [0.2, 0.25) is 5.88 Å². The number of halogens is 4. The first-order valence-electron chi connectivity index (χ1n) is 11.1. The molecule has 1 unspecified atom stereocenters. The van der Waals surface area contributed by atoms with Crippen LogP contribution >= 0.6 is 0 Å². The van der Waals surface area contributed by atoms with Gasteiger partial charge in [-0.25, -0.2) is 22.8 Å². The monoisotopic (exact) mass is 518 g/mol. The molecular formula is C22H26F4N4O4S. The molecule has 1 aromatic heterocycles. The molecule has 35 heavy (non-hydrogen) atoms. The number of nitrogens with one attached hydrogen (secondary N) is 1. The van der Waals surface area contributed by atoms with Crippen LogP contribution in [0.3, 0.4) is 0 Å². The zero-order valence-corrected chi connectivity index (χ0v) is 20.0. The van der Waals surface area contributed by atoms with Crippen molar-refractivity contribution in [3.8, 4) is 5.88 Å². The highest BCUT2D eigenvalue weighted by Crippen LogP contribution is 2.34. The molecule has 1 N–H and O–H groups in total. The second kappa shape index (κ2) is 9.86. The average molecular weight is 519 g/mol. The minimum atomic E-state index is -4.21. The van der Waals surface area contributed by atoms with Crippen molar-refractivity contribution in [1.82, 2.24) is 14.9 Å². The smallest absolute Gasteiger partial charge is 0.390 e. The highest BCUT2D eigenvalue weighted by molar-refractivity contribution is 7.90. The standard InChI is InChI=1S/C22H26F4N4O4S/c1-13-20(29-19-4-3-17(9-18(19)23)35(2,31)32)27-12-28-21(13)34-16-7-14-10-33-11-15(8-16)30(14)6-5-22(24,25)26/h3-4,9,12,14-16H,5-8,10-11H2,1-2H3,(H,27,28,29)/t14-,15+,16?. The molecule has 0 aliphatic carbocycles. The summed E-state index contributed by atoms with van der Waals surface area (Å²) in [6.45, 7) is 2.31. The van der Waals surface area contributed by atoms with E-state index in [4.69, 9.17) is 9.47 Å². The van der Waals surface area contributed by atoms with Gasteiger partial charge < -0.3 is 14.8 Å². The SMILES string of the molecule is Cc1c(Nc2ccc(S(C)(=O)=O)cc2F)ncnc1OC1C[C@H]2COC[C@@H](C1)N2CCC(F)(F)F. The normalized spacial score (nSPS) is 23.2. The van der Waals surface area contributed by atoms with E-state index in [1.165, 1.54) is 18.5 Å². The van der Waals surface area contributed by atoms with Crippen molar-refractivity contribution in [2.24, 2.45) is 0 Å². The summed E-state index contributed by atoms with van der Waals surface area (Å²) < 4.78 is 87.6. The number of sulfone groups is 1. The van der Waals surface area contributed by atoms with Gasteiger partial charge >= 0.3 is 6.18 Å². The molecule has 4 rings (SSSR count). The van der Waals surface area contributed by atoms with Gasteiger partial charge in [-0.2, -0.15) is 13.2 Å². The predicted molar refractivity (Wildman–Crippen MR) is 119 cm³/mol. The lowest BCUT2D eigenvalue weighted by Crippen LogP contribution is -2.59. The van der Waals surface area contributed by atoms with Gasteiger partial charge in [0.15, 0.2) is 9.84 Å². The first-order chi connectivity index (χ1) is 16.4. The molecule has 2 aliphatic rings. The lowest BCUT2D eigenvalue weighted by Gasteiger charge is -2.48. The van der Waals surface area contributed by atoms with Crippen molar-refractivity contribution >= 4 is 21.3 Å². The fourth-order valence-corrected chi connectivity index (χ4v) is 5.08. The number of alkyl halides is 3. The first kappa shape index (κ1) is 25.6. The summed E-state index contributed by atoms with van der Waals surface area (Å²) >= 11 is 0. The van der Waals surface area contributed by atoms with E-state index < -0.39 is 28.3 Å². The Morgan fingerprint density at radius 1 is 1.20 bits per heavy atom. The second-order valence-electron chi connectivity index (χ2n) is 8.85. The molecule has 13 heteroatoms. The van der Waals surface area contributed by atoms with Gasteiger partial charge in [0.05, 0.1) is 35.8 Å². The van der Waals surface area contributed by atoms with Crippen molar-refractivity contribution < 1.29 is 35.5 Å². The minimum absolute atomic E-state index is 0.0369. The molecular weight excluding hydrogens is 492 g/mol. The van der Waals surface area contributed by atoms with E-state index in [1.54, 1.807) is 6.92 Å². The predicted octanol–water partition coefficient (Wildman–Crippen LogP) is 3.63. The summed E-state index contributed by atoms with van der Waals surface area (Å²) in [6.07, 6.45) is -2.13. The van der Waals surface area contributed by atoms with Crippen LogP contribution in [0.5, 0.6) is 5.88 Å². The fourth-order valence-electron chi connectivity index (χ4n) is 4.45. The number of benzene rings is 1. The van der Waals surface area contributed by atoms with Crippen LogP contribution in [0.15, 0.2) is 29.4 Å². The maximum Gasteiger partial charge on any atom is 0.390 e. The molecule has 0 radical (unpaired) electrons. The maximum atomic E-state index is 14.5. The van der Waals surface area contributed by atoms with E-state index in [2.05, 4.69) is 15.3 Å². The van der Waals surface area contributed by atoms with Crippen LogP contribution in [0.1, 0.15) is 24.8 Å². The largest absolute Gasteiger partial charge is 0.474 e. The van der Waals surface area contributed by atoms with Crippen LogP contribution in [0, 0.1) is 12.7 Å². The van der Waals surface area contributed by atoms with Crippen LogP contribution in [-0.4, -0.2) is 73.7 Å². The number of hydrogen-bond donors (Lipinski definition) is 1. The first-order valence-corrected chi connectivity index (χ1v) is 12.9. The molecule has 3 atom stereocenters. The Labute approximate surface area is 200 Å². The Balaban J connectivity index is 1.45. The third-order valence-electron chi connectivity index (χ3n) is 6.22. The van der Waals surface area contributed by atoms with Crippen molar-refractivity contribution in [3.05, 3.63) is 35.9 Å². The number of anilines is 2. The molecule has 2 fully saturated rings. The summed E-state index contributed by atoms with van der Waals surface area (Å²) in [5, 5.41) is 2.84. The molecule has 2 aromatic rings. The summed E-state index contributed by atoms with van der Waals surface area (Å²) in [5.74, 6) is -0.192. The lowest BCUT2D eigenvalue weighted by atomic mass is 9.91. The number of hydrogen-bond acceptors (Lipinski definition) is 8. The fraction of sp³-hybridized carbons (Fsp3) is 0.545. The highest BCUT2D eigenvalue weighted by Gasteiger charge is 2.41. The number of piperidine rings is 1. The zero-order valence-electron chi connectivity index (χ0n) is 19.2. The Kier molecular flexibility index (Phi) is 7.21. The third-order valence-corrected chi connectivity index (χ3v) is 7.33. The lowest BCUT2D eigenvalue weighted by molar-refractivity contribution is -0.154. The number of ether oxygens (including phenoxy) is 2. The van der Waals surface area contributed by atoms with E-state index in [0.29, 0.717) is 31.6 Å². The van der Waals surface area contributed by atoms with Crippen LogP contribution in [0.4, 0.5) is 29.1 Å². The molecule has 192 valence electrons. The van der Waals surface area contributed by atoms with Crippen LogP contribution in [0.2, 0.25) is 0 Å². The second-order valence-corrected chi connectivity index (χ2v) is 10.9. The van der Waals surface area contributed by atoms with Crippen molar-refractivity contribution in [2.45, 2.75) is 55.4 Å². The Hall–Kier alpha value is -2.51. The van der Waals surface area contributed by atoms with E-state index >= 15 is 0 Å². The van der Waals surface area contributed by atoms with E-state index in [1.807, 2.05) is 4.90 Å². The zero-order chi connectivity index (χ0) is 25.4. The van der Waals surface area contributed by atoms with Crippen molar-refractivity contribution in [1.29, 1.82) is 0 Å².